The maximum absolute atomic E-state index is 11.0. The minimum Gasteiger partial charge on any atom is -0.455 e. The lowest BCUT2D eigenvalue weighted by Gasteiger charge is -2.07. The van der Waals surface area contributed by atoms with Crippen LogP contribution in [0.4, 0.5) is 0 Å². The molecule has 1 unspecified atom stereocenters. The molecule has 0 heterocycles. The van der Waals surface area contributed by atoms with Crippen LogP contribution in [0.1, 0.15) is 27.7 Å². The van der Waals surface area contributed by atoms with Crippen molar-refractivity contribution < 1.29 is 9.84 Å². The fourth-order valence-corrected chi connectivity index (χ4v) is 0.805. The molecule has 2 nitrogen and oxygen atoms in total. The Morgan fingerprint density at radius 2 is 1.92 bits per heavy atom. The number of ether oxygens (including phenoxy) is 1. The summed E-state index contributed by atoms with van der Waals surface area (Å²) in [6, 6.07) is 0. The van der Waals surface area contributed by atoms with Crippen molar-refractivity contribution in [1.29, 1.82) is 0 Å². The largest absolute Gasteiger partial charge is 0.455 e. The standard InChI is InChI=1S/C10H17O2/c1-5-6-9(4)12-10(11)7-8(2)3/h5-9H,1-4H3. The van der Waals surface area contributed by atoms with Crippen molar-refractivity contribution in [3.8, 4) is 0 Å². The lowest BCUT2D eigenvalue weighted by atomic mass is 10.2. The lowest BCUT2D eigenvalue weighted by Crippen LogP contribution is -2.03. The molecule has 12 heavy (non-hydrogen) atoms. The summed E-state index contributed by atoms with van der Waals surface area (Å²) in [4.78, 5) is 0. The van der Waals surface area contributed by atoms with Crippen molar-refractivity contribution in [2.45, 2.75) is 33.8 Å². The number of allylic oxidation sites excluding steroid dienone is 2. The van der Waals surface area contributed by atoms with E-state index in [1.54, 1.807) is 6.08 Å². The van der Waals surface area contributed by atoms with E-state index < -0.39 is 0 Å². The average Bonchev–Trinajstić information content (AvgIpc) is 1.84. The summed E-state index contributed by atoms with van der Waals surface area (Å²) in [5, 5.41) is 11.0. The molecule has 0 amide bonds. The van der Waals surface area contributed by atoms with E-state index >= 15 is 0 Å². The first kappa shape index (κ1) is 11.1. The van der Waals surface area contributed by atoms with Gasteiger partial charge in [0.05, 0.1) is 0 Å². The first-order chi connectivity index (χ1) is 5.56. The molecule has 0 N–H and O–H groups in total. The Kier molecular flexibility index (Phi) is 5.26. The molecular weight excluding hydrogens is 152 g/mol. The highest BCUT2D eigenvalue weighted by molar-refractivity contribution is 4.90. The Balaban J connectivity index is 3.91. The van der Waals surface area contributed by atoms with Crippen molar-refractivity contribution >= 4 is 0 Å². The summed E-state index contributed by atoms with van der Waals surface area (Å²) in [5.41, 5.74) is 0. The van der Waals surface area contributed by atoms with Crippen LogP contribution in [0.5, 0.6) is 0 Å². The highest BCUT2D eigenvalue weighted by Crippen LogP contribution is 2.05. The Hall–Kier alpha value is -0.920. The highest BCUT2D eigenvalue weighted by Gasteiger charge is 2.02. The van der Waals surface area contributed by atoms with Crippen LogP contribution in [-0.2, 0) is 9.84 Å². The van der Waals surface area contributed by atoms with Gasteiger partial charge in [-0.25, -0.2) is 5.11 Å². The molecular formula is C10H17O2. The molecule has 0 spiro atoms. The predicted octanol–water partition coefficient (Wildman–Crippen LogP) is 2.90. The van der Waals surface area contributed by atoms with Crippen LogP contribution >= 0.6 is 0 Å². The van der Waals surface area contributed by atoms with E-state index in [1.807, 2.05) is 39.8 Å². The van der Waals surface area contributed by atoms with Gasteiger partial charge in [-0.3, -0.25) is 0 Å². The summed E-state index contributed by atoms with van der Waals surface area (Å²) in [6.45, 7) is 7.63. The van der Waals surface area contributed by atoms with Crippen LogP contribution in [0, 0.1) is 5.92 Å². The fourth-order valence-electron chi connectivity index (χ4n) is 0.805. The predicted molar refractivity (Wildman–Crippen MR) is 49.0 cm³/mol. The van der Waals surface area contributed by atoms with Crippen molar-refractivity contribution in [3.63, 3.8) is 0 Å². The maximum atomic E-state index is 11.0. The second kappa shape index (κ2) is 5.70. The monoisotopic (exact) mass is 169 g/mol. The molecule has 0 bridgehead atoms. The molecule has 0 aliphatic carbocycles. The molecule has 1 atom stereocenters. The van der Waals surface area contributed by atoms with E-state index in [-0.39, 0.29) is 18.0 Å². The van der Waals surface area contributed by atoms with Gasteiger partial charge in [-0.15, -0.1) is 0 Å². The van der Waals surface area contributed by atoms with E-state index in [2.05, 4.69) is 0 Å². The zero-order chi connectivity index (χ0) is 9.56. The normalized spacial score (nSPS) is 15.6. The van der Waals surface area contributed by atoms with Crippen molar-refractivity contribution in [2.24, 2.45) is 5.92 Å². The minimum atomic E-state index is -0.240. The molecule has 69 valence electrons. The topological polar surface area (TPSA) is 29.1 Å². The fraction of sp³-hybridized carbons (Fsp3) is 0.600. The number of hydrogen-bond donors (Lipinski definition) is 0. The Morgan fingerprint density at radius 3 is 2.33 bits per heavy atom. The molecule has 0 aliphatic rings. The third kappa shape index (κ3) is 5.83. The molecule has 0 saturated carbocycles. The minimum absolute atomic E-state index is 0.127. The molecule has 0 aromatic heterocycles. The first-order valence-electron chi connectivity index (χ1n) is 4.24. The van der Waals surface area contributed by atoms with Crippen molar-refractivity contribution in [2.75, 3.05) is 0 Å². The summed E-state index contributed by atoms with van der Waals surface area (Å²) < 4.78 is 5.02. The van der Waals surface area contributed by atoms with Gasteiger partial charge in [-0.2, -0.15) is 0 Å². The first-order valence-corrected chi connectivity index (χ1v) is 4.24. The van der Waals surface area contributed by atoms with Crippen LogP contribution < -0.4 is 0 Å². The zero-order valence-corrected chi connectivity index (χ0v) is 8.20. The van der Waals surface area contributed by atoms with Crippen LogP contribution in [0.2, 0.25) is 0 Å². The van der Waals surface area contributed by atoms with Crippen LogP contribution in [0.25, 0.3) is 0 Å². The molecule has 0 fully saturated rings. The third-order valence-electron chi connectivity index (χ3n) is 1.23. The van der Waals surface area contributed by atoms with Crippen molar-refractivity contribution in [1.82, 2.24) is 0 Å². The average molecular weight is 169 g/mol. The summed E-state index contributed by atoms with van der Waals surface area (Å²) in [7, 11) is 0. The molecule has 0 aromatic carbocycles. The van der Waals surface area contributed by atoms with E-state index in [9.17, 15) is 5.11 Å². The maximum Gasteiger partial charge on any atom is 0.327 e. The number of rotatable bonds is 4. The highest BCUT2D eigenvalue weighted by atomic mass is 16.6. The molecule has 0 saturated heterocycles. The van der Waals surface area contributed by atoms with E-state index in [4.69, 9.17) is 4.74 Å². The van der Waals surface area contributed by atoms with Gasteiger partial charge in [-0.05, 0) is 25.8 Å². The van der Waals surface area contributed by atoms with Crippen LogP contribution in [0.15, 0.2) is 24.2 Å². The quantitative estimate of drug-likeness (QED) is 0.470. The summed E-state index contributed by atoms with van der Waals surface area (Å²) in [5.74, 6) is 0.00547. The Morgan fingerprint density at radius 1 is 1.33 bits per heavy atom. The van der Waals surface area contributed by atoms with Gasteiger partial charge >= 0.3 is 5.95 Å². The Labute approximate surface area is 74.6 Å². The summed E-state index contributed by atoms with van der Waals surface area (Å²) >= 11 is 0. The third-order valence-corrected chi connectivity index (χ3v) is 1.23. The second-order valence-electron chi connectivity index (χ2n) is 3.08. The van der Waals surface area contributed by atoms with Crippen LogP contribution in [-0.4, -0.2) is 6.10 Å². The van der Waals surface area contributed by atoms with Crippen molar-refractivity contribution in [3.05, 3.63) is 24.2 Å². The van der Waals surface area contributed by atoms with Gasteiger partial charge in [0.1, 0.15) is 6.10 Å². The van der Waals surface area contributed by atoms with Crippen LogP contribution in [0.3, 0.4) is 0 Å². The SMILES string of the molecule is CC=CC(C)OC([O])=CC(C)C. The molecule has 0 aromatic rings. The molecule has 1 radical (unpaired) electrons. The van der Waals surface area contributed by atoms with E-state index in [0.717, 1.165) is 0 Å². The molecule has 2 heteroatoms. The van der Waals surface area contributed by atoms with E-state index in [1.165, 1.54) is 0 Å². The van der Waals surface area contributed by atoms with Gasteiger partial charge in [0, 0.05) is 6.08 Å². The Bertz CT molecular complexity index is 169. The van der Waals surface area contributed by atoms with Gasteiger partial charge in [-0.1, -0.05) is 19.9 Å². The van der Waals surface area contributed by atoms with Gasteiger partial charge in [0.2, 0.25) is 0 Å². The second-order valence-corrected chi connectivity index (χ2v) is 3.08. The smallest absolute Gasteiger partial charge is 0.327 e. The summed E-state index contributed by atoms with van der Waals surface area (Å²) in [6.07, 6.45) is 5.15. The van der Waals surface area contributed by atoms with Gasteiger partial charge in [0.15, 0.2) is 0 Å². The molecule has 0 rings (SSSR count). The molecule has 0 aliphatic heterocycles. The van der Waals surface area contributed by atoms with E-state index in [0.29, 0.717) is 0 Å². The van der Waals surface area contributed by atoms with Gasteiger partial charge < -0.3 is 4.74 Å². The van der Waals surface area contributed by atoms with Gasteiger partial charge in [0.25, 0.3) is 0 Å². The zero-order valence-electron chi connectivity index (χ0n) is 8.20. The lowest BCUT2D eigenvalue weighted by molar-refractivity contribution is 0.0285. The number of hydrogen-bond acceptors (Lipinski definition) is 1.